The Kier molecular flexibility index (Phi) is 7.36. The molecule has 0 aliphatic heterocycles. The van der Waals surface area contributed by atoms with Crippen LogP contribution in [0.3, 0.4) is 0 Å². The van der Waals surface area contributed by atoms with Crippen LogP contribution in [-0.2, 0) is 4.74 Å². The van der Waals surface area contributed by atoms with Gasteiger partial charge in [0.05, 0.1) is 12.8 Å². The lowest BCUT2D eigenvalue weighted by molar-refractivity contribution is 0.146. The van der Waals surface area contributed by atoms with Crippen molar-refractivity contribution in [2.75, 3.05) is 31.0 Å². The van der Waals surface area contributed by atoms with E-state index in [0.717, 1.165) is 6.20 Å². The Morgan fingerprint density at radius 3 is 2.65 bits per heavy atom. The quantitative estimate of drug-likeness (QED) is 0.364. The van der Waals surface area contributed by atoms with E-state index in [-0.39, 0.29) is 17.5 Å². The first-order valence-corrected chi connectivity index (χ1v) is 9.47. The number of aliphatic hydroxyl groups excluding tert-OH is 1. The smallest absolute Gasteiger partial charge is 0.229 e. The van der Waals surface area contributed by atoms with E-state index in [1.807, 2.05) is 0 Å². The van der Waals surface area contributed by atoms with Gasteiger partial charge in [-0.15, -0.1) is 0 Å². The Labute approximate surface area is 179 Å². The maximum absolute atomic E-state index is 14.3. The highest BCUT2D eigenvalue weighted by Crippen LogP contribution is 2.25. The van der Waals surface area contributed by atoms with E-state index >= 15 is 0 Å². The number of hydrogen-bond donors (Lipinski definition) is 4. The number of rotatable bonds is 10. The van der Waals surface area contributed by atoms with Gasteiger partial charge in [0, 0.05) is 24.2 Å². The predicted molar refractivity (Wildman–Crippen MR) is 117 cm³/mol. The summed E-state index contributed by atoms with van der Waals surface area (Å²) >= 11 is 0. The van der Waals surface area contributed by atoms with Crippen LogP contribution in [0.25, 0.3) is 0 Å². The minimum Gasteiger partial charge on any atom is -0.491 e. The second kappa shape index (κ2) is 10.4. The first kappa shape index (κ1) is 22.0. The fourth-order valence-corrected chi connectivity index (χ4v) is 2.66. The van der Waals surface area contributed by atoms with Crippen LogP contribution in [0.1, 0.15) is 11.7 Å². The lowest BCUT2D eigenvalue weighted by Gasteiger charge is -2.13. The van der Waals surface area contributed by atoms with E-state index in [2.05, 4.69) is 27.2 Å². The number of nitrogens with zero attached hydrogens (tertiary/aromatic N) is 2. The van der Waals surface area contributed by atoms with E-state index in [4.69, 9.17) is 15.2 Å². The van der Waals surface area contributed by atoms with E-state index in [1.165, 1.54) is 0 Å². The van der Waals surface area contributed by atoms with Gasteiger partial charge in [0.2, 0.25) is 5.95 Å². The van der Waals surface area contributed by atoms with Crippen molar-refractivity contribution in [2.24, 2.45) is 5.73 Å². The molecule has 5 N–H and O–H groups in total. The zero-order valence-corrected chi connectivity index (χ0v) is 17.0. The molecule has 162 valence electrons. The van der Waals surface area contributed by atoms with Gasteiger partial charge in [0.1, 0.15) is 18.5 Å². The van der Waals surface area contributed by atoms with Gasteiger partial charge in [-0.25, -0.2) is 9.37 Å². The van der Waals surface area contributed by atoms with Crippen LogP contribution in [0.2, 0.25) is 0 Å². The topological polar surface area (TPSA) is 115 Å². The molecular formula is C22H24FN5O3. The van der Waals surface area contributed by atoms with Gasteiger partial charge in [-0.3, -0.25) is 0 Å². The highest BCUT2D eigenvalue weighted by atomic mass is 19.1. The van der Waals surface area contributed by atoms with Crippen LogP contribution < -0.4 is 21.1 Å². The summed E-state index contributed by atoms with van der Waals surface area (Å²) in [6.07, 6.45) is 0.0519. The zero-order valence-electron chi connectivity index (χ0n) is 17.0. The molecule has 0 amide bonds. The SMILES string of the molecule is C=C(N)C(O)c1cccc(Nc2nc(Nc3ccc(OCCOC)cc3)ncc2F)c1. The third-order valence-corrected chi connectivity index (χ3v) is 4.23. The molecule has 1 atom stereocenters. The van der Waals surface area contributed by atoms with Gasteiger partial charge >= 0.3 is 0 Å². The molecule has 3 rings (SSSR count). The number of hydrogen-bond acceptors (Lipinski definition) is 8. The standard InChI is InChI=1S/C22H24FN5O3/c1-14(24)20(29)15-4-3-5-17(12-15)26-21-19(23)13-25-22(28-21)27-16-6-8-18(9-7-16)31-11-10-30-2/h3-9,12-13,20,29H,1,10-11,24H2,2H3,(H2,25,26,27,28). The second-order valence-corrected chi connectivity index (χ2v) is 6.61. The summed E-state index contributed by atoms with van der Waals surface area (Å²) in [5.41, 5.74) is 7.44. The lowest BCUT2D eigenvalue weighted by atomic mass is 10.1. The largest absolute Gasteiger partial charge is 0.491 e. The third-order valence-electron chi connectivity index (χ3n) is 4.23. The molecule has 31 heavy (non-hydrogen) atoms. The van der Waals surface area contributed by atoms with Crippen molar-refractivity contribution in [3.63, 3.8) is 0 Å². The van der Waals surface area contributed by atoms with Crippen LogP contribution in [0.5, 0.6) is 5.75 Å². The summed E-state index contributed by atoms with van der Waals surface area (Å²) in [5, 5.41) is 16.0. The number of nitrogens with one attached hydrogen (secondary N) is 2. The molecule has 0 fully saturated rings. The second-order valence-electron chi connectivity index (χ2n) is 6.61. The highest BCUT2D eigenvalue weighted by molar-refractivity contribution is 5.61. The van der Waals surface area contributed by atoms with E-state index < -0.39 is 11.9 Å². The molecule has 0 bridgehead atoms. The van der Waals surface area contributed by atoms with Gasteiger partial charge in [-0.2, -0.15) is 4.98 Å². The average Bonchev–Trinajstić information content (AvgIpc) is 2.77. The van der Waals surface area contributed by atoms with Crippen molar-refractivity contribution < 1.29 is 19.0 Å². The van der Waals surface area contributed by atoms with Crippen LogP contribution in [-0.4, -0.2) is 35.4 Å². The Hall–Kier alpha value is -3.69. The Morgan fingerprint density at radius 2 is 1.94 bits per heavy atom. The van der Waals surface area contributed by atoms with Crippen molar-refractivity contribution in [1.82, 2.24) is 9.97 Å². The molecule has 0 aliphatic carbocycles. The first-order valence-electron chi connectivity index (χ1n) is 9.47. The summed E-state index contributed by atoms with van der Waals surface area (Å²) in [4.78, 5) is 8.17. The molecule has 9 heteroatoms. The van der Waals surface area contributed by atoms with Crippen molar-refractivity contribution in [3.05, 3.63) is 78.4 Å². The molecular weight excluding hydrogens is 401 g/mol. The summed E-state index contributed by atoms with van der Waals surface area (Å²) in [6, 6.07) is 13.9. The minimum absolute atomic E-state index is 0.0183. The van der Waals surface area contributed by atoms with Crippen LogP contribution in [0, 0.1) is 5.82 Å². The summed E-state index contributed by atoms with van der Waals surface area (Å²) in [6.45, 7) is 4.50. The number of aliphatic hydroxyl groups is 1. The molecule has 3 aromatic rings. The van der Waals surface area contributed by atoms with E-state index in [1.54, 1.807) is 55.6 Å². The molecule has 0 saturated carbocycles. The fourth-order valence-electron chi connectivity index (χ4n) is 2.66. The maximum atomic E-state index is 14.3. The van der Waals surface area contributed by atoms with Gasteiger partial charge in [-0.05, 0) is 42.0 Å². The molecule has 1 heterocycles. The molecule has 8 nitrogen and oxygen atoms in total. The molecule has 1 aromatic heterocycles. The van der Waals surface area contributed by atoms with Crippen LogP contribution >= 0.6 is 0 Å². The van der Waals surface area contributed by atoms with Crippen molar-refractivity contribution >= 4 is 23.1 Å². The Morgan fingerprint density at radius 1 is 1.16 bits per heavy atom. The molecule has 0 saturated heterocycles. The van der Waals surface area contributed by atoms with Crippen molar-refractivity contribution in [2.45, 2.75) is 6.10 Å². The normalized spacial score (nSPS) is 11.6. The van der Waals surface area contributed by atoms with Gasteiger partial charge < -0.3 is 30.9 Å². The minimum atomic E-state index is -1.02. The first-order chi connectivity index (χ1) is 15.0. The highest BCUT2D eigenvalue weighted by Gasteiger charge is 2.12. The van der Waals surface area contributed by atoms with E-state index in [9.17, 15) is 9.50 Å². The molecule has 1 unspecified atom stereocenters. The Bertz CT molecular complexity index is 1030. The summed E-state index contributed by atoms with van der Waals surface area (Å²) in [5.74, 6) is 0.271. The molecule has 0 radical (unpaired) electrons. The van der Waals surface area contributed by atoms with Crippen LogP contribution in [0.4, 0.5) is 27.5 Å². The lowest BCUT2D eigenvalue weighted by Crippen LogP contribution is -2.08. The number of ether oxygens (including phenoxy) is 2. The molecule has 0 aliphatic rings. The van der Waals surface area contributed by atoms with Gasteiger partial charge in [0.15, 0.2) is 11.6 Å². The van der Waals surface area contributed by atoms with Gasteiger partial charge in [0.25, 0.3) is 0 Å². The molecule has 0 spiro atoms. The number of benzene rings is 2. The van der Waals surface area contributed by atoms with E-state index in [0.29, 0.717) is 35.9 Å². The average molecular weight is 425 g/mol. The number of aromatic nitrogens is 2. The van der Waals surface area contributed by atoms with Gasteiger partial charge in [-0.1, -0.05) is 18.7 Å². The molecule has 2 aromatic carbocycles. The van der Waals surface area contributed by atoms with Crippen molar-refractivity contribution in [1.29, 1.82) is 0 Å². The number of anilines is 4. The van der Waals surface area contributed by atoms with Crippen molar-refractivity contribution in [3.8, 4) is 5.75 Å². The monoisotopic (exact) mass is 425 g/mol. The number of halogens is 1. The summed E-state index contributed by atoms with van der Waals surface area (Å²) in [7, 11) is 1.61. The zero-order chi connectivity index (χ0) is 22.2. The fraction of sp³-hybridized carbons (Fsp3) is 0.182. The van der Waals surface area contributed by atoms with Crippen LogP contribution in [0.15, 0.2) is 67.0 Å². The maximum Gasteiger partial charge on any atom is 0.229 e. The number of methoxy groups -OCH3 is 1. The summed E-state index contributed by atoms with van der Waals surface area (Å²) < 4.78 is 24.7. The predicted octanol–water partition coefficient (Wildman–Crippen LogP) is 3.63. The Balaban J connectivity index is 1.71. The number of nitrogens with two attached hydrogens (primary N) is 1. The third kappa shape index (κ3) is 6.14.